The maximum Gasteiger partial charge on any atom is 0.294 e. The molecule has 1 aliphatic heterocycles. The smallest absolute Gasteiger partial charge is 0.294 e. The Morgan fingerprint density at radius 1 is 0.971 bits per heavy atom. The Morgan fingerprint density at radius 2 is 1.71 bits per heavy atom. The maximum atomic E-state index is 13.7. The van der Waals surface area contributed by atoms with Crippen LogP contribution in [0.15, 0.2) is 101 Å². The molecule has 170 valence electrons. The molecule has 1 aliphatic rings. The summed E-state index contributed by atoms with van der Waals surface area (Å²) in [5.74, 6) is -1.11. The average molecular weight is 453 g/mol. The number of ketones is 1. The summed E-state index contributed by atoms with van der Waals surface area (Å²) in [6, 6.07) is 24.2. The van der Waals surface area contributed by atoms with E-state index in [0.717, 1.165) is 5.39 Å². The highest BCUT2D eigenvalue weighted by Crippen LogP contribution is 2.43. The van der Waals surface area contributed by atoms with E-state index in [0.29, 0.717) is 22.6 Å². The van der Waals surface area contributed by atoms with Gasteiger partial charge in [0, 0.05) is 11.1 Å². The zero-order valence-corrected chi connectivity index (χ0v) is 18.8. The molecular formula is C28H23NO5. The lowest BCUT2D eigenvalue weighted by Crippen LogP contribution is -2.31. The molecule has 1 amide bonds. The van der Waals surface area contributed by atoms with Crippen molar-refractivity contribution in [3.8, 4) is 5.75 Å². The molecule has 0 spiro atoms. The molecule has 5 rings (SSSR count). The third-order valence-electron chi connectivity index (χ3n) is 5.68. The van der Waals surface area contributed by atoms with Gasteiger partial charge in [0.2, 0.25) is 5.78 Å². The van der Waals surface area contributed by atoms with Crippen LogP contribution in [0.1, 0.15) is 36.0 Å². The van der Waals surface area contributed by atoms with Crippen LogP contribution in [0.25, 0.3) is 11.0 Å². The van der Waals surface area contributed by atoms with E-state index in [1.165, 1.54) is 4.90 Å². The number of benzene rings is 3. The van der Waals surface area contributed by atoms with Crippen molar-refractivity contribution in [2.24, 2.45) is 0 Å². The van der Waals surface area contributed by atoms with E-state index in [2.05, 4.69) is 0 Å². The topological polar surface area (TPSA) is 80.0 Å². The van der Waals surface area contributed by atoms with Gasteiger partial charge in [-0.2, -0.15) is 0 Å². The first kappa shape index (κ1) is 21.5. The average Bonchev–Trinajstić information content (AvgIpc) is 3.38. The molecule has 6 nitrogen and oxygen atoms in total. The Morgan fingerprint density at radius 3 is 2.44 bits per heavy atom. The monoisotopic (exact) mass is 453 g/mol. The Balaban J connectivity index is 1.65. The number of aliphatic hydroxyl groups is 1. The van der Waals surface area contributed by atoms with E-state index in [1.54, 1.807) is 48.5 Å². The number of Topliss-reactive ketones (excluding diaryl/α,β-unsaturated/α-hetero) is 1. The van der Waals surface area contributed by atoms with E-state index in [-0.39, 0.29) is 17.4 Å². The van der Waals surface area contributed by atoms with Crippen molar-refractivity contribution in [2.75, 3.05) is 4.90 Å². The quantitative estimate of drug-likeness (QED) is 0.362. The number of hydrogen-bond donors (Lipinski definition) is 1. The molecule has 0 aliphatic carbocycles. The van der Waals surface area contributed by atoms with Gasteiger partial charge < -0.3 is 14.3 Å². The van der Waals surface area contributed by atoms with Crippen LogP contribution in [0.3, 0.4) is 0 Å². The number of amides is 1. The van der Waals surface area contributed by atoms with Crippen molar-refractivity contribution < 1.29 is 23.8 Å². The van der Waals surface area contributed by atoms with Gasteiger partial charge in [0.05, 0.1) is 17.7 Å². The van der Waals surface area contributed by atoms with Crippen LogP contribution in [0, 0.1) is 0 Å². The molecule has 4 aromatic rings. The second-order valence-electron chi connectivity index (χ2n) is 8.39. The predicted octanol–water partition coefficient (Wildman–Crippen LogP) is 6.00. The van der Waals surface area contributed by atoms with Gasteiger partial charge >= 0.3 is 0 Å². The molecule has 0 radical (unpaired) electrons. The summed E-state index contributed by atoms with van der Waals surface area (Å²) >= 11 is 0. The molecule has 0 saturated heterocycles. The van der Waals surface area contributed by atoms with E-state index < -0.39 is 23.5 Å². The van der Waals surface area contributed by atoms with Crippen molar-refractivity contribution >= 4 is 28.3 Å². The summed E-state index contributed by atoms with van der Waals surface area (Å²) in [5, 5.41) is 11.7. The first-order chi connectivity index (χ1) is 16.4. The van der Waals surface area contributed by atoms with E-state index in [4.69, 9.17) is 9.15 Å². The van der Waals surface area contributed by atoms with Gasteiger partial charge in [-0.25, -0.2) is 0 Å². The molecule has 34 heavy (non-hydrogen) atoms. The molecule has 3 aromatic carbocycles. The molecule has 1 aromatic heterocycles. The van der Waals surface area contributed by atoms with Crippen LogP contribution in [0.4, 0.5) is 5.69 Å². The Bertz CT molecular complexity index is 1380. The van der Waals surface area contributed by atoms with Crippen LogP contribution in [-0.2, 0) is 4.79 Å². The number of furan rings is 1. The fraction of sp³-hybridized carbons (Fsp3) is 0.143. The lowest BCUT2D eigenvalue weighted by Gasteiger charge is -2.27. The summed E-state index contributed by atoms with van der Waals surface area (Å²) in [4.78, 5) is 28.4. The van der Waals surface area contributed by atoms with Crippen molar-refractivity contribution in [3.05, 3.63) is 108 Å². The van der Waals surface area contributed by atoms with Gasteiger partial charge in [0.15, 0.2) is 11.5 Å². The number of hydrogen-bond acceptors (Lipinski definition) is 5. The number of rotatable bonds is 6. The lowest BCUT2D eigenvalue weighted by atomic mass is 9.94. The number of para-hydroxylation sites is 2. The lowest BCUT2D eigenvalue weighted by molar-refractivity contribution is -0.117. The number of ether oxygens (including phenoxy) is 1. The number of carbonyl (C=O) groups excluding carboxylic acids is 2. The van der Waals surface area contributed by atoms with Crippen molar-refractivity contribution in [3.63, 3.8) is 0 Å². The predicted molar refractivity (Wildman–Crippen MR) is 129 cm³/mol. The summed E-state index contributed by atoms with van der Waals surface area (Å²) in [7, 11) is 0. The third kappa shape index (κ3) is 3.73. The summed E-state index contributed by atoms with van der Waals surface area (Å²) in [6.07, 6.45) is -0.0497. The SMILES string of the molecule is CC(C)Oc1cccc(C2C(C(=O)c3cc4ccccc4o3)=C(O)C(=O)N2c2ccccc2)c1. The van der Waals surface area contributed by atoms with Gasteiger partial charge in [-0.15, -0.1) is 0 Å². The normalized spacial score (nSPS) is 16.0. The first-order valence-electron chi connectivity index (χ1n) is 11.1. The molecule has 2 heterocycles. The molecular weight excluding hydrogens is 430 g/mol. The Hall–Kier alpha value is -4.32. The fourth-order valence-corrected chi connectivity index (χ4v) is 4.26. The summed E-state index contributed by atoms with van der Waals surface area (Å²) in [6.45, 7) is 3.84. The number of anilines is 1. The minimum absolute atomic E-state index is 0.0328. The zero-order valence-electron chi connectivity index (χ0n) is 18.8. The van der Waals surface area contributed by atoms with E-state index in [9.17, 15) is 14.7 Å². The number of nitrogens with zero attached hydrogens (tertiary/aromatic N) is 1. The summed E-state index contributed by atoms with van der Waals surface area (Å²) < 4.78 is 11.6. The first-order valence-corrected chi connectivity index (χ1v) is 11.1. The van der Waals surface area contributed by atoms with Gasteiger partial charge in [-0.1, -0.05) is 48.5 Å². The largest absolute Gasteiger partial charge is 0.503 e. The molecule has 0 fully saturated rings. The molecule has 1 unspecified atom stereocenters. The Kier molecular flexibility index (Phi) is 5.42. The van der Waals surface area contributed by atoms with E-state index in [1.807, 2.05) is 50.2 Å². The highest BCUT2D eigenvalue weighted by molar-refractivity contribution is 6.20. The van der Waals surface area contributed by atoms with Gasteiger partial charge in [0.1, 0.15) is 11.3 Å². The fourth-order valence-electron chi connectivity index (χ4n) is 4.26. The highest BCUT2D eigenvalue weighted by atomic mass is 16.5. The minimum atomic E-state index is -0.855. The maximum absolute atomic E-state index is 13.7. The van der Waals surface area contributed by atoms with Crippen molar-refractivity contribution in [1.82, 2.24) is 0 Å². The van der Waals surface area contributed by atoms with Gasteiger partial charge in [-0.05, 0) is 55.8 Å². The molecule has 0 saturated carbocycles. The standard InChI is InChI=1S/C28H23NO5/c1-17(2)33-21-13-8-10-19(15-21)25-24(26(30)23-16-18-9-6-7-14-22(18)34-23)27(31)28(32)29(25)20-11-4-3-5-12-20/h3-17,25,31H,1-2H3. The van der Waals surface area contributed by atoms with Crippen LogP contribution in [0.2, 0.25) is 0 Å². The second-order valence-corrected chi connectivity index (χ2v) is 8.39. The highest BCUT2D eigenvalue weighted by Gasteiger charge is 2.45. The van der Waals surface area contributed by atoms with E-state index >= 15 is 0 Å². The molecule has 0 bridgehead atoms. The summed E-state index contributed by atoms with van der Waals surface area (Å²) in [5.41, 5.74) is 1.72. The molecule has 1 N–H and O–H groups in total. The van der Waals surface area contributed by atoms with Gasteiger partial charge in [0.25, 0.3) is 5.91 Å². The third-order valence-corrected chi connectivity index (χ3v) is 5.68. The van der Waals surface area contributed by atoms with Crippen molar-refractivity contribution in [2.45, 2.75) is 26.0 Å². The molecule has 1 atom stereocenters. The van der Waals surface area contributed by atoms with Gasteiger partial charge in [-0.3, -0.25) is 14.5 Å². The van der Waals surface area contributed by atoms with Crippen LogP contribution >= 0.6 is 0 Å². The van der Waals surface area contributed by atoms with Crippen LogP contribution in [0.5, 0.6) is 5.75 Å². The zero-order chi connectivity index (χ0) is 23.8. The van der Waals surface area contributed by atoms with Crippen molar-refractivity contribution in [1.29, 1.82) is 0 Å². The second kappa shape index (κ2) is 8.56. The minimum Gasteiger partial charge on any atom is -0.503 e. The van der Waals surface area contributed by atoms with Crippen LogP contribution < -0.4 is 9.64 Å². The molecule has 6 heteroatoms. The Labute approximate surface area is 196 Å². The van der Waals surface area contributed by atoms with Crippen LogP contribution in [-0.4, -0.2) is 22.9 Å². The number of aliphatic hydroxyl groups excluding tert-OH is 1. The number of fused-ring (bicyclic) bond motifs is 1. The number of carbonyl (C=O) groups is 2.